The summed E-state index contributed by atoms with van der Waals surface area (Å²) >= 11 is 0. The van der Waals surface area contributed by atoms with Gasteiger partial charge in [-0.15, -0.1) is 0 Å². The Labute approximate surface area is 106 Å². The standard InChI is InChI=1S/C15H27NO/c1-15(2,3)16-10-12-8-13(16)9-14(12)11-4-6-17-7-5-11/h11-14H,4-10H2,1-3H3. The van der Waals surface area contributed by atoms with E-state index in [9.17, 15) is 0 Å². The molecular formula is C15H27NO. The van der Waals surface area contributed by atoms with Crippen LogP contribution in [0.1, 0.15) is 46.5 Å². The van der Waals surface area contributed by atoms with Gasteiger partial charge in [0.25, 0.3) is 0 Å². The van der Waals surface area contributed by atoms with Crippen molar-refractivity contribution in [3.8, 4) is 0 Å². The average molecular weight is 237 g/mol. The molecule has 0 N–H and O–H groups in total. The molecular weight excluding hydrogens is 210 g/mol. The van der Waals surface area contributed by atoms with E-state index >= 15 is 0 Å². The summed E-state index contributed by atoms with van der Waals surface area (Å²) in [6, 6.07) is 0.882. The van der Waals surface area contributed by atoms with Gasteiger partial charge in [0.1, 0.15) is 0 Å². The molecule has 3 aliphatic rings. The minimum absolute atomic E-state index is 0.375. The fraction of sp³-hybridized carbons (Fsp3) is 1.00. The zero-order chi connectivity index (χ0) is 12.0. The largest absolute Gasteiger partial charge is 0.381 e. The third-order valence-electron chi connectivity index (χ3n) is 5.33. The molecule has 2 saturated heterocycles. The van der Waals surface area contributed by atoms with E-state index in [4.69, 9.17) is 4.74 Å². The van der Waals surface area contributed by atoms with Gasteiger partial charge in [-0.1, -0.05) is 0 Å². The van der Waals surface area contributed by atoms with Crippen LogP contribution >= 0.6 is 0 Å². The van der Waals surface area contributed by atoms with Gasteiger partial charge in [0.2, 0.25) is 0 Å². The molecule has 1 saturated carbocycles. The normalized spacial score (nSPS) is 40.1. The molecule has 2 nitrogen and oxygen atoms in total. The molecule has 3 atom stereocenters. The molecule has 98 valence electrons. The third-order valence-corrected chi connectivity index (χ3v) is 5.33. The minimum atomic E-state index is 0.375. The van der Waals surface area contributed by atoms with Crippen LogP contribution in [0.4, 0.5) is 0 Å². The van der Waals surface area contributed by atoms with Gasteiger partial charge < -0.3 is 4.74 Å². The van der Waals surface area contributed by atoms with Gasteiger partial charge in [-0.05, 0) is 64.2 Å². The van der Waals surface area contributed by atoms with E-state index in [1.165, 1.54) is 32.2 Å². The zero-order valence-electron chi connectivity index (χ0n) is 11.6. The number of hydrogen-bond donors (Lipinski definition) is 0. The van der Waals surface area contributed by atoms with E-state index in [1.54, 1.807) is 0 Å². The summed E-state index contributed by atoms with van der Waals surface area (Å²) in [5, 5.41) is 0. The highest BCUT2D eigenvalue weighted by molar-refractivity contribution is 5.02. The second-order valence-corrected chi connectivity index (χ2v) is 7.32. The predicted molar refractivity (Wildman–Crippen MR) is 70.0 cm³/mol. The van der Waals surface area contributed by atoms with Gasteiger partial charge in [-0.2, -0.15) is 0 Å². The Kier molecular flexibility index (Phi) is 2.99. The van der Waals surface area contributed by atoms with Crippen molar-refractivity contribution in [1.29, 1.82) is 0 Å². The highest BCUT2D eigenvalue weighted by Gasteiger charge is 2.49. The van der Waals surface area contributed by atoms with Gasteiger partial charge >= 0.3 is 0 Å². The SMILES string of the molecule is CC(C)(C)N1CC2CC1CC2C1CCOCC1. The molecule has 3 unspecified atom stereocenters. The topological polar surface area (TPSA) is 12.5 Å². The number of ether oxygens (including phenoxy) is 1. The molecule has 0 radical (unpaired) electrons. The smallest absolute Gasteiger partial charge is 0.0468 e. The van der Waals surface area contributed by atoms with E-state index in [0.717, 1.165) is 37.0 Å². The third kappa shape index (κ3) is 2.15. The average Bonchev–Trinajstić information content (AvgIpc) is 2.88. The molecule has 1 aliphatic carbocycles. The maximum atomic E-state index is 5.50. The minimum Gasteiger partial charge on any atom is -0.381 e. The lowest BCUT2D eigenvalue weighted by Gasteiger charge is -2.43. The van der Waals surface area contributed by atoms with Crippen molar-refractivity contribution in [2.75, 3.05) is 19.8 Å². The summed E-state index contributed by atoms with van der Waals surface area (Å²) in [5.41, 5.74) is 0.375. The maximum absolute atomic E-state index is 5.50. The van der Waals surface area contributed by atoms with Crippen LogP contribution in [0.3, 0.4) is 0 Å². The molecule has 0 aromatic carbocycles. The van der Waals surface area contributed by atoms with Crippen LogP contribution < -0.4 is 0 Å². The van der Waals surface area contributed by atoms with E-state index in [0.29, 0.717) is 5.54 Å². The Morgan fingerprint density at radius 3 is 2.24 bits per heavy atom. The predicted octanol–water partition coefficient (Wildman–Crippen LogP) is 2.92. The van der Waals surface area contributed by atoms with Crippen molar-refractivity contribution in [3.63, 3.8) is 0 Å². The molecule has 0 spiro atoms. The highest BCUT2D eigenvalue weighted by Crippen LogP contribution is 2.49. The monoisotopic (exact) mass is 237 g/mol. The number of nitrogens with zero attached hydrogens (tertiary/aromatic N) is 1. The Morgan fingerprint density at radius 2 is 1.71 bits per heavy atom. The van der Waals surface area contributed by atoms with E-state index in [-0.39, 0.29) is 0 Å². The van der Waals surface area contributed by atoms with E-state index < -0.39 is 0 Å². The molecule has 2 heteroatoms. The Bertz CT molecular complexity index is 277. The van der Waals surface area contributed by atoms with E-state index in [1.807, 2.05) is 0 Å². The summed E-state index contributed by atoms with van der Waals surface area (Å²) < 4.78 is 5.50. The van der Waals surface area contributed by atoms with Crippen LogP contribution in [0, 0.1) is 17.8 Å². The van der Waals surface area contributed by atoms with Gasteiger partial charge in [0.15, 0.2) is 0 Å². The second kappa shape index (κ2) is 4.24. The van der Waals surface area contributed by atoms with Crippen molar-refractivity contribution in [3.05, 3.63) is 0 Å². The van der Waals surface area contributed by atoms with Crippen LogP contribution in [0.2, 0.25) is 0 Å². The van der Waals surface area contributed by atoms with E-state index in [2.05, 4.69) is 25.7 Å². The fourth-order valence-corrected chi connectivity index (χ4v) is 4.54. The molecule has 3 fully saturated rings. The van der Waals surface area contributed by atoms with Gasteiger partial charge in [0.05, 0.1) is 0 Å². The Hall–Kier alpha value is -0.0800. The van der Waals surface area contributed by atoms with Crippen LogP contribution in [0.25, 0.3) is 0 Å². The summed E-state index contributed by atoms with van der Waals surface area (Å²) in [7, 11) is 0. The van der Waals surface area contributed by atoms with Gasteiger partial charge in [0, 0.05) is 31.3 Å². The van der Waals surface area contributed by atoms with Crippen LogP contribution in [-0.2, 0) is 4.74 Å². The maximum Gasteiger partial charge on any atom is 0.0468 e. The van der Waals surface area contributed by atoms with Crippen molar-refractivity contribution in [2.45, 2.75) is 58.0 Å². The molecule has 2 heterocycles. The van der Waals surface area contributed by atoms with Crippen LogP contribution in [0.15, 0.2) is 0 Å². The van der Waals surface area contributed by atoms with Gasteiger partial charge in [-0.3, -0.25) is 4.90 Å². The number of piperidine rings is 1. The lowest BCUT2D eigenvalue weighted by molar-refractivity contribution is 0.0129. The Morgan fingerprint density at radius 1 is 1.00 bits per heavy atom. The summed E-state index contributed by atoms with van der Waals surface area (Å²) in [4.78, 5) is 2.76. The lowest BCUT2D eigenvalue weighted by Crippen LogP contribution is -2.48. The number of likely N-dealkylation sites (tertiary alicyclic amines) is 1. The van der Waals surface area contributed by atoms with Crippen molar-refractivity contribution >= 4 is 0 Å². The first-order valence-electron chi connectivity index (χ1n) is 7.40. The van der Waals surface area contributed by atoms with Crippen molar-refractivity contribution in [1.82, 2.24) is 4.90 Å². The first kappa shape index (κ1) is 12.0. The van der Waals surface area contributed by atoms with Crippen LogP contribution in [-0.4, -0.2) is 36.2 Å². The zero-order valence-corrected chi connectivity index (χ0v) is 11.6. The first-order chi connectivity index (χ1) is 8.05. The highest BCUT2D eigenvalue weighted by atomic mass is 16.5. The van der Waals surface area contributed by atoms with Crippen molar-refractivity contribution in [2.24, 2.45) is 17.8 Å². The molecule has 3 rings (SSSR count). The summed E-state index contributed by atoms with van der Waals surface area (Å²) in [5.74, 6) is 2.98. The Balaban J connectivity index is 1.63. The molecule has 0 amide bonds. The quantitative estimate of drug-likeness (QED) is 0.695. The number of fused-ring (bicyclic) bond motifs is 2. The molecule has 2 aliphatic heterocycles. The fourth-order valence-electron chi connectivity index (χ4n) is 4.54. The number of hydrogen-bond acceptors (Lipinski definition) is 2. The van der Waals surface area contributed by atoms with Crippen LogP contribution in [0.5, 0.6) is 0 Å². The van der Waals surface area contributed by atoms with Crippen molar-refractivity contribution < 1.29 is 4.74 Å². The second-order valence-electron chi connectivity index (χ2n) is 7.32. The summed E-state index contributed by atoms with van der Waals surface area (Å²) in [6.45, 7) is 10.5. The summed E-state index contributed by atoms with van der Waals surface area (Å²) in [6.07, 6.45) is 5.58. The van der Waals surface area contributed by atoms with Gasteiger partial charge in [-0.25, -0.2) is 0 Å². The lowest BCUT2D eigenvalue weighted by atomic mass is 9.78. The molecule has 0 aromatic rings. The molecule has 0 aromatic heterocycles. The first-order valence-corrected chi connectivity index (χ1v) is 7.40. The number of rotatable bonds is 1. The molecule has 17 heavy (non-hydrogen) atoms. The molecule has 2 bridgehead atoms.